The Hall–Kier alpha value is -1.32. The molecule has 2 N–H and O–H groups in total. The molecule has 1 saturated heterocycles. The van der Waals surface area contributed by atoms with Crippen LogP contribution >= 0.6 is 0 Å². The molecule has 4 rings (SSSR count). The lowest BCUT2D eigenvalue weighted by molar-refractivity contribution is -1.02. The smallest absolute Gasteiger partial charge is 0.127 e. The fourth-order valence-electron chi connectivity index (χ4n) is 4.96. The van der Waals surface area contributed by atoms with Crippen LogP contribution in [0.2, 0.25) is 0 Å². The molecule has 0 amide bonds. The predicted molar refractivity (Wildman–Crippen MR) is 91.8 cm³/mol. The molecule has 2 bridgehead atoms. The first-order valence-electron chi connectivity index (χ1n) is 9.29. The summed E-state index contributed by atoms with van der Waals surface area (Å²) in [6.45, 7) is 7.78. The Morgan fingerprint density at radius 3 is 2.48 bits per heavy atom. The van der Waals surface area contributed by atoms with E-state index in [9.17, 15) is 0 Å². The highest BCUT2D eigenvalue weighted by Crippen LogP contribution is 2.42. The Balaban J connectivity index is 1.27. The highest BCUT2D eigenvalue weighted by molar-refractivity contribution is 5.32. The normalized spacial score (nSPS) is 35.6. The number of ether oxygens (including phenoxy) is 1. The second-order valence-corrected chi connectivity index (χ2v) is 7.73. The van der Waals surface area contributed by atoms with Crippen LogP contribution in [0.4, 0.5) is 0 Å². The van der Waals surface area contributed by atoms with Gasteiger partial charge in [0.15, 0.2) is 0 Å². The predicted octanol–water partition coefficient (Wildman–Crippen LogP) is 0.191. The van der Waals surface area contributed by atoms with Crippen molar-refractivity contribution in [3.05, 3.63) is 42.0 Å². The summed E-state index contributed by atoms with van der Waals surface area (Å²) in [7, 11) is 1.78. The minimum Gasteiger partial charge on any atom is -0.496 e. The van der Waals surface area contributed by atoms with E-state index in [1.165, 1.54) is 51.1 Å². The molecule has 2 fully saturated rings. The number of rotatable bonds is 5. The molecule has 2 aliphatic carbocycles. The van der Waals surface area contributed by atoms with Gasteiger partial charge in [-0.3, -0.25) is 0 Å². The zero-order valence-corrected chi connectivity index (χ0v) is 14.3. The summed E-state index contributed by atoms with van der Waals surface area (Å²) in [6, 6.07) is 8.48. The first-order valence-corrected chi connectivity index (χ1v) is 9.29. The third kappa shape index (κ3) is 3.31. The van der Waals surface area contributed by atoms with E-state index >= 15 is 0 Å². The van der Waals surface area contributed by atoms with Crippen LogP contribution in [0.3, 0.4) is 0 Å². The number of allylic oxidation sites excluding steroid dienone is 2. The SMILES string of the molecule is COc1ccccc1C[NH+]1CC[NH+](C[C@H]2C[C@@H]3C=C[C@H]2C3)CC1. The number of fused-ring (bicyclic) bond motifs is 2. The molecule has 3 aliphatic rings. The summed E-state index contributed by atoms with van der Waals surface area (Å²) in [4.78, 5) is 3.56. The molecular weight excluding hydrogens is 284 g/mol. The molecule has 1 saturated carbocycles. The van der Waals surface area contributed by atoms with E-state index < -0.39 is 0 Å². The lowest BCUT2D eigenvalue weighted by Gasteiger charge is -2.32. The van der Waals surface area contributed by atoms with E-state index in [1.54, 1.807) is 12.0 Å². The molecule has 0 radical (unpaired) electrons. The monoisotopic (exact) mass is 314 g/mol. The molecule has 1 heterocycles. The maximum Gasteiger partial charge on any atom is 0.127 e. The quantitative estimate of drug-likeness (QED) is 0.743. The number of quaternary nitrogens is 2. The molecule has 0 aromatic heterocycles. The summed E-state index contributed by atoms with van der Waals surface area (Å²) in [5, 5.41) is 0. The zero-order chi connectivity index (χ0) is 15.6. The highest BCUT2D eigenvalue weighted by atomic mass is 16.5. The molecule has 0 spiro atoms. The highest BCUT2D eigenvalue weighted by Gasteiger charge is 2.38. The van der Waals surface area contributed by atoms with Gasteiger partial charge < -0.3 is 14.5 Å². The van der Waals surface area contributed by atoms with Gasteiger partial charge in [-0.1, -0.05) is 24.3 Å². The molecule has 1 aliphatic heterocycles. The van der Waals surface area contributed by atoms with Crippen molar-refractivity contribution in [2.24, 2.45) is 17.8 Å². The molecule has 23 heavy (non-hydrogen) atoms. The van der Waals surface area contributed by atoms with Crippen molar-refractivity contribution in [2.75, 3.05) is 39.8 Å². The molecule has 0 unspecified atom stereocenters. The van der Waals surface area contributed by atoms with Gasteiger partial charge in [0.1, 0.15) is 38.5 Å². The second-order valence-electron chi connectivity index (χ2n) is 7.73. The zero-order valence-electron chi connectivity index (χ0n) is 14.3. The summed E-state index contributed by atoms with van der Waals surface area (Å²) in [6.07, 6.45) is 7.87. The maximum absolute atomic E-state index is 5.50. The molecule has 1 aromatic carbocycles. The van der Waals surface area contributed by atoms with Crippen LogP contribution in [0.25, 0.3) is 0 Å². The number of benzene rings is 1. The summed E-state index contributed by atoms with van der Waals surface area (Å²) in [5.41, 5.74) is 1.35. The van der Waals surface area contributed by atoms with Gasteiger partial charge in [0.25, 0.3) is 0 Å². The average Bonchev–Trinajstić information content (AvgIpc) is 3.20. The number of hydrogen-bond donors (Lipinski definition) is 2. The molecule has 3 nitrogen and oxygen atoms in total. The Bertz CT molecular complexity index is 563. The van der Waals surface area contributed by atoms with Gasteiger partial charge in [0.05, 0.1) is 13.7 Å². The van der Waals surface area contributed by atoms with Crippen molar-refractivity contribution in [1.29, 1.82) is 0 Å². The van der Waals surface area contributed by atoms with E-state index in [2.05, 4.69) is 36.4 Å². The number of para-hydroxylation sites is 1. The molecule has 3 heteroatoms. The van der Waals surface area contributed by atoms with E-state index in [-0.39, 0.29) is 0 Å². The van der Waals surface area contributed by atoms with Gasteiger partial charge in [0.2, 0.25) is 0 Å². The lowest BCUT2D eigenvalue weighted by atomic mass is 9.93. The standard InChI is InChI=1S/C20H28N2O/c1-23-20-5-3-2-4-18(20)14-21-8-10-22(11-9-21)15-19-13-16-6-7-17(19)12-16/h2-7,16-17,19H,8-15H2,1H3/p+2/t16-,17+,19-/m1/s1. The summed E-state index contributed by atoms with van der Waals surface area (Å²) in [5.74, 6) is 3.84. The number of hydrogen-bond acceptors (Lipinski definition) is 1. The van der Waals surface area contributed by atoms with Crippen molar-refractivity contribution in [2.45, 2.75) is 19.4 Å². The molecule has 124 valence electrons. The average molecular weight is 314 g/mol. The Kier molecular flexibility index (Phi) is 4.41. The first kappa shape index (κ1) is 15.2. The van der Waals surface area contributed by atoms with Gasteiger partial charge in [-0.15, -0.1) is 0 Å². The van der Waals surface area contributed by atoms with Crippen molar-refractivity contribution < 1.29 is 14.5 Å². The van der Waals surface area contributed by atoms with Crippen LogP contribution in [0, 0.1) is 17.8 Å². The molecule has 3 atom stereocenters. The molecule has 1 aromatic rings. The molecular formula is C20H30N2O+2. The number of piperazine rings is 1. The van der Waals surface area contributed by atoms with Crippen molar-refractivity contribution in [1.82, 2.24) is 0 Å². The third-order valence-corrected chi connectivity index (χ3v) is 6.26. The van der Waals surface area contributed by atoms with E-state index in [4.69, 9.17) is 4.74 Å². The Morgan fingerprint density at radius 2 is 1.78 bits per heavy atom. The fraction of sp³-hybridized carbons (Fsp3) is 0.600. The lowest BCUT2D eigenvalue weighted by Crippen LogP contribution is -3.27. The van der Waals surface area contributed by atoms with Gasteiger partial charge in [-0.2, -0.15) is 0 Å². The van der Waals surface area contributed by atoms with Gasteiger partial charge in [0, 0.05) is 11.5 Å². The summed E-state index contributed by atoms with van der Waals surface area (Å²) < 4.78 is 5.50. The number of methoxy groups -OCH3 is 1. The number of nitrogens with one attached hydrogen (secondary N) is 2. The van der Waals surface area contributed by atoms with Crippen LogP contribution in [0.5, 0.6) is 5.75 Å². The van der Waals surface area contributed by atoms with Crippen molar-refractivity contribution in [3.63, 3.8) is 0 Å². The minimum absolute atomic E-state index is 0.909. The van der Waals surface area contributed by atoms with Crippen molar-refractivity contribution >= 4 is 0 Å². The fourth-order valence-corrected chi connectivity index (χ4v) is 4.96. The van der Waals surface area contributed by atoms with E-state index in [0.29, 0.717) is 0 Å². The van der Waals surface area contributed by atoms with E-state index in [0.717, 1.165) is 30.0 Å². The van der Waals surface area contributed by atoms with Gasteiger partial charge >= 0.3 is 0 Å². The third-order valence-electron chi connectivity index (χ3n) is 6.26. The van der Waals surface area contributed by atoms with Crippen molar-refractivity contribution in [3.8, 4) is 5.75 Å². The Labute approximate surface area is 139 Å². The largest absolute Gasteiger partial charge is 0.496 e. The van der Waals surface area contributed by atoms with Gasteiger partial charge in [-0.25, -0.2) is 0 Å². The Morgan fingerprint density at radius 1 is 1.00 bits per heavy atom. The van der Waals surface area contributed by atoms with Crippen LogP contribution in [0.1, 0.15) is 18.4 Å². The topological polar surface area (TPSA) is 18.1 Å². The van der Waals surface area contributed by atoms with Gasteiger partial charge in [-0.05, 0) is 36.8 Å². The minimum atomic E-state index is 0.909. The van der Waals surface area contributed by atoms with Crippen LogP contribution in [0.15, 0.2) is 36.4 Å². The summed E-state index contributed by atoms with van der Waals surface area (Å²) >= 11 is 0. The second kappa shape index (κ2) is 6.66. The van der Waals surface area contributed by atoms with E-state index in [1.807, 2.05) is 4.90 Å². The van der Waals surface area contributed by atoms with Crippen LogP contribution in [-0.2, 0) is 6.54 Å². The van der Waals surface area contributed by atoms with Crippen LogP contribution < -0.4 is 14.5 Å². The van der Waals surface area contributed by atoms with Crippen LogP contribution in [-0.4, -0.2) is 39.8 Å². The maximum atomic E-state index is 5.50. The first-order chi connectivity index (χ1) is 11.3.